The summed E-state index contributed by atoms with van der Waals surface area (Å²) in [6.45, 7) is 3.12. The van der Waals surface area contributed by atoms with Gasteiger partial charge in [0.1, 0.15) is 0 Å². The predicted octanol–water partition coefficient (Wildman–Crippen LogP) is 1.53. The van der Waals surface area contributed by atoms with Crippen LogP contribution in [-0.2, 0) is 14.5 Å². The molecule has 1 saturated heterocycles. The molecule has 0 aromatic heterocycles. The van der Waals surface area contributed by atoms with Crippen molar-refractivity contribution in [3.05, 3.63) is 0 Å². The minimum absolute atomic E-state index is 0.698. The molecule has 1 aliphatic heterocycles. The Morgan fingerprint density at radius 2 is 1.00 bits per heavy atom. The highest BCUT2D eigenvalue weighted by atomic mass is 17.2. The highest BCUT2D eigenvalue weighted by Gasteiger charge is 1.95. The van der Waals surface area contributed by atoms with E-state index in [9.17, 15) is 0 Å². The van der Waals surface area contributed by atoms with E-state index in [1.165, 1.54) is 0 Å². The second kappa shape index (κ2) is 6.58. The fourth-order valence-corrected chi connectivity index (χ4v) is 0.950. The molecule has 1 fully saturated rings. The molecule has 0 amide bonds. The summed E-state index contributed by atoms with van der Waals surface area (Å²) in [4.78, 5) is 9.82. The van der Waals surface area contributed by atoms with E-state index < -0.39 is 0 Å². The van der Waals surface area contributed by atoms with Crippen molar-refractivity contribution in [1.29, 1.82) is 0 Å². The molecule has 1 heterocycles. The van der Waals surface area contributed by atoms with Crippen molar-refractivity contribution >= 4 is 0 Å². The van der Waals surface area contributed by atoms with Crippen LogP contribution in [0.4, 0.5) is 0 Å². The highest BCUT2D eigenvalue weighted by Crippen LogP contribution is 1.98. The standard InChI is InChI=1S/C8H16O3/c1-3-7-10-11-8-4-2-6-9-5-1/h1-8H2. The second-order valence-electron chi connectivity index (χ2n) is 2.67. The molecule has 1 rings (SSSR count). The lowest BCUT2D eigenvalue weighted by atomic mass is 10.3. The molecule has 1 aliphatic rings. The fraction of sp³-hybridized carbons (Fsp3) is 1.00. The first-order valence-electron chi connectivity index (χ1n) is 4.32. The first-order chi connectivity index (χ1) is 5.50. The molecular weight excluding hydrogens is 144 g/mol. The monoisotopic (exact) mass is 160 g/mol. The Hall–Kier alpha value is -0.120. The zero-order chi connectivity index (χ0) is 7.78. The predicted molar refractivity (Wildman–Crippen MR) is 41.2 cm³/mol. The number of ether oxygens (including phenoxy) is 1. The largest absolute Gasteiger partial charge is 0.381 e. The fourth-order valence-electron chi connectivity index (χ4n) is 0.950. The summed E-state index contributed by atoms with van der Waals surface area (Å²) in [6.07, 6.45) is 4.20. The van der Waals surface area contributed by atoms with Gasteiger partial charge >= 0.3 is 0 Å². The van der Waals surface area contributed by atoms with Crippen LogP contribution in [0.15, 0.2) is 0 Å². The van der Waals surface area contributed by atoms with Gasteiger partial charge in [0, 0.05) is 13.2 Å². The lowest BCUT2D eigenvalue weighted by Gasteiger charge is -2.00. The van der Waals surface area contributed by atoms with Gasteiger partial charge in [0.05, 0.1) is 13.2 Å². The van der Waals surface area contributed by atoms with E-state index in [0.717, 1.165) is 38.9 Å². The quantitative estimate of drug-likeness (QED) is 0.503. The SMILES string of the molecule is C1CCOOCCCCOC1. The lowest BCUT2D eigenvalue weighted by molar-refractivity contribution is -0.295. The van der Waals surface area contributed by atoms with Crippen LogP contribution in [-0.4, -0.2) is 26.4 Å². The zero-order valence-electron chi connectivity index (χ0n) is 6.88. The van der Waals surface area contributed by atoms with Gasteiger partial charge in [-0.1, -0.05) is 0 Å². The van der Waals surface area contributed by atoms with Crippen LogP contribution in [0.25, 0.3) is 0 Å². The molecule has 3 nitrogen and oxygen atoms in total. The van der Waals surface area contributed by atoms with E-state index in [2.05, 4.69) is 0 Å². The zero-order valence-corrected chi connectivity index (χ0v) is 6.88. The Bertz CT molecular complexity index is 47.4. The summed E-state index contributed by atoms with van der Waals surface area (Å²) in [6, 6.07) is 0. The van der Waals surface area contributed by atoms with Crippen LogP contribution in [0, 0.1) is 0 Å². The molecule has 0 spiro atoms. The average Bonchev–Trinajstić information content (AvgIpc) is 2.08. The summed E-state index contributed by atoms with van der Waals surface area (Å²) < 4.78 is 5.35. The molecule has 0 aromatic carbocycles. The molecule has 3 heteroatoms. The Morgan fingerprint density at radius 1 is 0.545 bits per heavy atom. The van der Waals surface area contributed by atoms with Gasteiger partial charge in [0.2, 0.25) is 0 Å². The first kappa shape index (κ1) is 8.97. The smallest absolute Gasteiger partial charge is 0.0823 e. The third kappa shape index (κ3) is 5.18. The highest BCUT2D eigenvalue weighted by molar-refractivity contribution is 4.41. The number of rotatable bonds is 0. The van der Waals surface area contributed by atoms with E-state index in [-0.39, 0.29) is 0 Å². The van der Waals surface area contributed by atoms with Crippen molar-refractivity contribution in [2.24, 2.45) is 0 Å². The second-order valence-corrected chi connectivity index (χ2v) is 2.67. The number of hydrogen-bond acceptors (Lipinski definition) is 3. The summed E-state index contributed by atoms with van der Waals surface area (Å²) in [5.74, 6) is 0. The molecule has 0 N–H and O–H groups in total. The van der Waals surface area contributed by atoms with Crippen LogP contribution in [0.3, 0.4) is 0 Å². The Balaban J connectivity index is 2.02. The van der Waals surface area contributed by atoms with Gasteiger partial charge in [0.25, 0.3) is 0 Å². The third-order valence-corrected chi connectivity index (χ3v) is 1.62. The van der Waals surface area contributed by atoms with Crippen LogP contribution >= 0.6 is 0 Å². The van der Waals surface area contributed by atoms with Gasteiger partial charge in [-0.3, -0.25) is 0 Å². The molecule has 0 aromatic rings. The average molecular weight is 160 g/mol. The van der Waals surface area contributed by atoms with Crippen molar-refractivity contribution in [2.45, 2.75) is 25.7 Å². The summed E-state index contributed by atoms with van der Waals surface area (Å²) >= 11 is 0. The lowest BCUT2D eigenvalue weighted by Crippen LogP contribution is -1.98. The van der Waals surface area contributed by atoms with Crippen LogP contribution in [0.2, 0.25) is 0 Å². The van der Waals surface area contributed by atoms with Crippen molar-refractivity contribution in [1.82, 2.24) is 0 Å². The summed E-state index contributed by atoms with van der Waals surface area (Å²) in [5.41, 5.74) is 0. The van der Waals surface area contributed by atoms with Gasteiger partial charge in [-0.2, -0.15) is 0 Å². The van der Waals surface area contributed by atoms with E-state index in [4.69, 9.17) is 14.5 Å². The molecule has 11 heavy (non-hydrogen) atoms. The van der Waals surface area contributed by atoms with Gasteiger partial charge in [-0.25, -0.2) is 9.78 Å². The molecule has 0 saturated carbocycles. The van der Waals surface area contributed by atoms with Crippen molar-refractivity contribution < 1.29 is 14.5 Å². The van der Waals surface area contributed by atoms with E-state index in [1.807, 2.05) is 0 Å². The Kier molecular flexibility index (Phi) is 5.37. The third-order valence-electron chi connectivity index (χ3n) is 1.62. The molecular formula is C8H16O3. The summed E-state index contributed by atoms with van der Waals surface area (Å²) in [5, 5.41) is 0. The van der Waals surface area contributed by atoms with E-state index >= 15 is 0 Å². The first-order valence-corrected chi connectivity index (χ1v) is 4.32. The van der Waals surface area contributed by atoms with Crippen LogP contribution in [0.5, 0.6) is 0 Å². The molecule has 0 bridgehead atoms. The molecule has 0 unspecified atom stereocenters. The van der Waals surface area contributed by atoms with Gasteiger partial charge in [-0.15, -0.1) is 0 Å². The van der Waals surface area contributed by atoms with Crippen LogP contribution < -0.4 is 0 Å². The molecule has 0 atom stereocenters. The van der Waals surface area contributed by atoms with Crippen molar-refractivity contribution in [3.8, 4) is 0 Å². The topological polar surface area (TPSA) is 27.7 Å². The minimum atomic E-state index is 0.698. The van der Waals surface area contributed by atoms with Crippen molar-refractivity contribution in [3.63, 3.8) is 0 Å². The molecule has 0 radical (unpaired) electrons. The van der Waals surface area contributed by atoms with E-state index in [1.54, 1.807) is 0 Å². The van der Waals surface area contributed by atoms with E-state index in [0.29, 0.717) is 13.2 Å². The van der Waals surface area contributed by atoms with Gasteiger partial charge in [-0.05, 0) is 25.7 Å². The van der Waals surface area contributed by atoms with Gasteiger partial charge in [0.15, 0.2) is 0 Å². The maximum Gasteiger partial charge on any atom is 0.0823 e. The normalized spacial score (nSPS) is 24.0. The van der Waals surface area contributed by atoms with Gasteiger partial charge < -0.3 is 4.74 Å². The summed E-state index contributed by atoms with van der Waals surface area (Å²) in [7, 11) is 0. The Labute approximate surface area is 67.6 Å². The maximum absolute atomic E-state index is 5.35. The maximum atomic E-state index is 5.35. The Morgan fingerprint density at radius 3 is 1.55 bits per heavy atom. The minimum Gasteiger partial charge on any atom is -0.381 e. The van der Waals surface area contributed by atoms with Crippen molar-refractivity contribution in [2.75, 3.05) is 26.4 Å². The van der Waals surface area contributed by atoms with Crippen LogP contribution in [0.1, 0.15) is 25.7 Å². The number of hydrogen-bond donors (Lipinski definition) is 0. The molecule has 66 valence electrons. The molecule has 0 aliphatic carbocycles.